The van der Waals surface area contributed by atoms with E-state index in [2.05, 4.69) is 14.4 Å². The number of carboxylic acid groups (broad SMARTS) is 1. The summed E-state index contributed by atoms with van der Waals surface area (Å²) in [5, 5.41) is 18.5. The number of carboxylic acids is 1. The fourth-order valence-electron chi connectivity index (χ4n) is 6.05. The van der Waals surface area contributed by atoms with Crippen LogP contribution >= 0.6 is 0 Å². The summed E-state index contributed by atoms with van der Waals surface area (Å²) in [5.41, 5.74) is 2.53. The van der Waals surface area contributed by atoms with Crippen LogP contribution in [0.1, 0.15) is 46.6 Å². The number of hydrogen-bond acceptors (Lipinski definition) is 8. The van der Waals surface area contributed by atoms with Crippen LogP contribution in [-0.2, 0) is 24.4 Å². The summed E-state index contributed by atoms with van der Waals surface area (Å²) in [4.78, 5) is 26.1. The number of pyridine rings is 1. The van der Waals surface area contributed by atoms with Crippen molar-refractivity contribution in [1.29, 1.82) is 5.26 Å². The smallest absolute Gasteiger partial charge is 0.335 e. The minimum atomic E-state index is -0.950. The fourth-order valence-corrected chi connectivity index (χ4v) is 6.05. The summed E-state index contributed by atoms with van der Waals surface area (Å²) >= 11 is 0. The molecular weight excluding hydrogens is 551 g/mol. The number of carbonyl (C=O) groups is 1. The number of halogens is 1. The SMILES string of the molecule is N#Cc1ccc(COc2cccc(N3CCN(Cc4nc5ccc(C(=O)O)cc5n4C[C@@H]4CCO4)C4(CC4)C3)n2)c(F)c1. The average molecular weight is 583 g/mol. The molecule has 4 aromatic rings. The average Bonchev–Trinajstić information content (AvgIpc) is 3.68. The van der Waals surface area contributed by atoms with Crippen LogP contribution in [0.4, 0.5) is 10.2 Å². The van der Waals surface area contributed by atoms with Gasteiger partial charge in [-0.3, -0.25) is 4.90 Å². The number of rotatable bonds is 9. The summed E-state index contributed by atoms with van der Waals surface area (Å²) in [7, 11) is 0. The molecule has 220 valence electrons. The number of aromatic nitrogens is 3. The van der Waals surface area contributed by atoms with Crippen LogP contribution in [0.3, 0.4) is 0 Å². The minimum Gasteiger partial charge on any atom is -0.478 e. The van der Waals surface area contributed by atoms with Gasteiger partial charge >= 0.3 is 5.97 Å². The standard InChI is InChI=1S/C32H31FN6O4/c33-25-14-21(16-34)4-5-23(25)19-43-30-3-1-2-28(36-30)37-11-12-38(32(20-37)9-10-32)18-29-35-26-7-6-22(31(40)41)15-27(26)39(29)17-24-8-13-42-24/h1-7,14-15,24H,8-13,17-20H2,(H,40,41)/t24-/m0/s1. The first kappa shape index (κ1) is 27.3. The normalized spacial score (nSPS) is 19.3. The molecule has 0 unspecified atom stereocenters. The number of imidazole rings is 1. The molecule has 43 heavy (non-hydrogen) atoms. The summed E-state index contributed by atoms with van der Waals surface area (Å²) in [5.74, 6) is 0.739. The van der Waals surface area contributed by atoms with E-state index < -0.39 is 11.8 Å². The zero-order valence-corrected chi connectivity index (χ0v) is 23.6. The predicted octanol–water partition coefficient (Wildman–Crippen LogP) is 4.36. The topological polar surface area (TPSA) is 117 Å². The lowest BCUT2D eigenvalue weighted by Gasteiger charge is -2.42. The number of nitriles is 1. The van der Waals surface area contributed by atoms with Gasteiger partial charge in [-0.2, -0.15) is 10.2 Å². The molecule has 2 aromatic carbocycles. The van der Waals surface area contributed by atoms with Gasteiger partial charge in [0.15, 0.2) is 0 Å². The molecular formula is C32H31FN6O4. The Morgan fingerprint density at radius 2 is 2.02 bits per heavy atom. The van der Waals surface area contributed by atoms with Gasteiger partial charge < -0.3 is 24.0 Å². The number of aromatic carboxylic acids is 1. The highest BCUT2D eigenvalue weighted by Crippen LogP contribution is 2.45. The highest BCUT2D eigenvalue weighted by atomic mass is 19.1. The van der Waals surface area contributed by atoms with Crippen molar-refractivity contribution in [2.75, 3.05) is 31.1 Å². The van der Waals surface area contributed by atoms with Gasteiger partial charge in [0.1, 0.15) is 24.1 Å². The van der Waals surface area contributed by atoms with Gasteiger partial charge in [0.25, 0.3) is 0 Å². The van der Waals surface area contributed by atoms with Crippen LogP contribution in [0.2, 0.25) is 0 Å². The molecule has 3 aliphatic rings. The van der Waals surface area contributed by atoms with Crippen molar-refractivity contribution in [3.8, 4) is 11.9 Å². The first-order chi connectivity index (χ1) is 20.9. The van der Waals surface area contributed by atoms with E-state index in [4.69, 9.17) is 24.7 Å². The number of fused-ring (bicyclic) bond motifs is 1. The molecule has 1 atom stereocenters. The Morgan fingerprint density at radius 1 is 1.16 bits per heavy atom. The first-order valence-electron chi connectivity index (χ1n) is 14.5. The van der Waals surface area contributed by atoms with E-state index in [1.54, 1.807) is 36.4 Å². The lowest BCUT2D eigenvalue weighted by molar-refractivity contribution is -0.0593. The van der Waals surface area contributed by atoms with Crippen LogP contribution in [0, 0.1) is 17.1 Å². The monoisotopic (exact) mass is 582 g/mol. The van der Waals surface area contributed by atoms with Gasteiger partial charge in [-0.25, -0.2) is 14.2 Å². The van der Waals surface area contributed by atoms with E-state index >= 15 is 0 Å². The van der Waals surface area contributed by atoms with Crippen molar-refractivity contribution in [3.63, 3.8) is 0 Å². The first-order valence-corrected chi connectivity index (χ1v) is 14.5. The molecule has 1 saturated carbocycles. The molecule has 0 bridgehead atoms. The van der Waals surface area contributed by atoms with Crippen LogP contribution in [0.25, 0.3) is 11.0 Å². The van der Waals surface area contributed by atoms with Crippen molar-refractivity contribution in [2.24, 2.45) is 0 Å². The summed E-state index contributed by atoms with van der Waals surface area (Å²) < 4.78 is 28.0. The molecule has 2 aromatic heterocycles. The third-order valence-corrected chi connectivity index (χ3v) is 8.80. The molecule has 1 N–H and O–H groups in total. The van der Waals surface area contributed by atoms with Crippen LogP contribution in [0.5, 0.6) is 5.88 Å². The zero-order valence-electron chi connectivity index (χ0n) is 23.6. The highest BCUT2D eigenvalue weighted by Gasteiger charge is 2.51. The molecule has 10 nitrogen and oxygen atoms in total. The third-order valence-electron chi connectivity index (χ3n) is 8.80. The molecule has 7 rings (SSSR count). The lowest BCUT2D eigenvalue weighted by atomic mass is 10.1. The van der Waals surface area contributed by atoms with Gasteiger partial charge in [-0.1, -0.05) is 12.1 Å². The van der Waals surface area contributed by atoms with E-state index in [9.17, 15) is 14.3 Å². The Labute approximate surface area is 247 Å². The summed E-state index contributed by atoms with van der Waals surface area (Å²) in [6.07, 6.45) is 3.25. The second kappa shape index (κ2) is 10.9. The van der Waals surface area contributed by atoms with Crippen molar-refractivity contribution >= 4 is 22.8 Å². The largest absolute Gasteiger partial charge is 0.478 e. The predicted molar refractivity (Wildman–Crippen MR) is 155 cm³/mol. The van der Waals surface area contributed by atoms with Crippen LogP contribution in [0.15, 0.2) is 54.6 Å². The van der Waals surface area contributed by atoms with Crippen LogP contribution in [-0.4, -0.2) is 68.4 Å². The van der Waals surface area contributed by atoms with Crippen molar-refractivity contribution in [3.05, 3.63) is 82.9 Å². The van der Waals surface area contributed by atoms with E-state index in [1.165, 1.54) is 6.07 Å². The van der Waals surface area contributed by atoms with Crippen molar-refractivity contribution < 1.29 is 23.8 Å². The lowest BCUT2D eigenvalue weighted by Crippen LogP contribution is -2.55. The Morgan fingerprint density at radius 3 is 2.74 bits per heavy atom. The second-order valence-electron chi connectivity index (χ2n) is 11.5. The molecule has 3 fully saturated rings. The quantitative estimate of drug-likeness (QED) is 0.307. The second-order valence-corrected chi connectivity index (χ2v) is 11.5. The Bertz CT molecular complexity index is 1740. The highest BCUT2D eigenvalue weighted by molar-refractivity contribution is 5.92. The summed E-state index contributed by atoms with van der Waals surface area (Å²) in [6, 6.07) is 17.0. The third kappa shape index (κ3) is 5.40. The number of nitrogens with zero attached hydrogens (tertiary/aromatic N) is 6. The van der Waals surface area contributed by atoms with E-state index in [1.807, 2.05) is 18.2 Å². The molecule has 0 radical (unpaired) electrons. The summed E-state index contributed by atoms with van der Waals surface area (Å²) in [6.45, 7) is 4.53. The minimum absolute atomic E-state index is 0.0184. The number of piperazine rings is 1. The van der Waals surface area contributed by atoms with Crippen molar-refractivity contribution in [1.82, 2.24) is 19.4 Å². The maximum atomic E-state index is 14.3. The van der Waals surface area contributed by atoms with Gasteiger partial charge in [-0.15, -0.1) is 0 Å². The molecule has 1 aliphatic carbocycles. The van der Waals surface area contributed by atoms with Crippen LogP contribution < -0.4 is 9.64 Å². The Balaban J connectivity index is 1.06. The maximum Gasteiger partial charge on any atom is 0.335 e. The number of hydrogen-bond donors (Lipinski definition) is 1. The fraction of sp³-hybridized carbons (Fsp3) is 0.375. The Kier molecular flexibility index (Phi) is 6.95. The molecule has 0 amide bonds. The molecule has 2 saturated heterocycles. The van der Waals surface area contributed by atoms with Gasteiger partial charge in [-0.05, 0) is 55.7 Å². The van der Waals surface area contributed by atoms with Gasteiger partial charge in [0.2, 0.25) is 5.88 Å². The van der Waals surface area contributed by atoms with Gasteiger partial charge in [0.05, 0.1) is 47.4 Å². The number of anilines is 1. The van der Waals surface area contributed by atoms with E-state index in [0.717, 1.165) is 68.2 Å². The number of benzene rings is 2. The zero-order chi connectivity index (χ0) is 29.6. The molecule has 4 heterocycles. The molecule has 2 aliphatic heterocycles. The Hall–Kier alpha value is -4.53. The van der Waals surface area contributed by atoms with Gasteiger partial charge in [0, 0.05) is 43.4 Å². The van der Waals surface area contributed by atoms with E-state index in [0.29, 0.717) is 24.5 Å². The van der Waals surface area contributed by atoms with Crippen molar-refractivity contribution in [2.45, 2.75) is 50.6 Å². The van der Waals surface area contributed by atoms with E-state index in [-0.39, 0.29) is 29.4 Å². The number of ether oxygens (including phenoxy) is 2. The molecule has 1 spiro atoms. The molecule has 11 heteroatoms. The maximum absolute atomic E-state index is 14.3.